The van der Waals surface area contributed by atoms with E-state index in [1.165, 1.54) is 6.92 Å². The summed E-state index contributed by atoms with van der Waals surface area (Å²) in [5.74, 6) is -0.510. The second-order valence-corrected chi connectivity index (χ2v) is 5.74. The Balaban J connectivity index is 2.20. The minimum absolute atomic E-state index is 0.170. The van der Waals surface area contributed by atoms with Gasteiger partial charge in [-0.2, -0.15) is 0 Å². The van der Waals surface area contributed by atoms with E-state index >= 15 is 0 Å². The van der Waals surface area contributed by atoms with Crippen molar-refractivity contribution in [1.29, 1.82) is 0 Å². The van der Waals surface area contributed by atoms with Gasteiger partial charge in [-0.05, 0) is 38.1 Å². The molecule has 6 heteroatoms. The fraction of sp³-hybridized carbons (Fsp3) is 0.467. The smallest absolute Gasteiger partial charge is 0.323 e. The van der Waals surface area contributed by atoms with Crippen LogP contribution >= 0.6 is 0 Å². The third kappa shape index (κ3) is 3.51. The molecular formula is C15H21BN2O3. The number of hydrogen-bond donors (Lipinski definition) is 3. The standard InChI is InChI=1S/C15H21BN2O3/c1-9(17)14(10(2)19)18-15(20)12-6-5-11-4-3-7-16(21)13(11)8-12/h5-6,8-9,14,21H,3-4,7,17H2,1-2H3,(H,18,20)/t9-,14-/m0/s1. The Kier molecular flexibility index (Phi) is 4.80. The van der Waals surface area contributed by atoms with Crippen molar-refractivity contribution in [2.24, 2.45) is 5.73 Å². The number of rotatable bonds is 4. The molecule has 4 N–H and O–H groups in total. The third-order valence-corrected chi connectivity index (χ3v) is 3.94. The third-order valence-electron chi connectivity index (χ3n) is 3.94. The van der Waals surface area contributed by atoms with Crippen LogP contribution in [-0.4, -0.2) is 35.7 Å². The fourth-order valence-electron chi connectivity index (χ4n) is 2.74. The Morgan fingerprint density at radius 1 is 1.43 bits per heavy atom. The first-order valence-corrected chi connectivity index (χ1v) is 7.28. The van der Waals surface area contributed by atoms with Crippen LogP contribution in [0.1, 0.15) is 36.2 Å². The SMILES string of the molecule is CC(=O)[C@@H](NC(=O)c1ccc2c(c1)B(O)CCC2)[C@H](C)N. The molecule has 1 aliphatic rings. The number of hydrogen-bond acceptors (Lipinski definition) is 4. The highest BCUT2D eigenvalue weighted by Crippen LogP contribution is 2.14. The zero-order valence-corrected chi connectivity index (χ0v) is 12.4. The summed E-state index contributed by atoms with van der Waals surface area (Å²) in [4.78, 5) is 23.8. The lowest BCUT2D eigenvalue weighted by Crippen LogP contribution is -2.50. The van der Waals surface area contributed by atoms with E-state index in [4.69, 9.17) is 5.73 Å². The van der Waals surface area contributed by atoms with Crippen LogP contribution in [0.25, 0.3) is 0 Å². The van der Waals surface area contributed by atoms with Gasteiger partial charge in [0.2, 0.25) is 0 Å². The van der Waals surface area contributed by atoms with E-state index < -0.39 is 19.0 Å². The number of ketones is 1. The van der Waals surface area contributed by atoms with Gasteiger partial charge < -0.3 is 16.1 Å². The van der Waals surface area contributed by atoms with Crippen molar-refractivity contribution in [2.75, 3.05) is 0 Å². The summed E-state index contributed by atoms with van der Waals surface area (Å²) in [5, 5.41) is 12.7. The lowest BCUT2D eigenvalue weighted by molar-refractivity contribution is -0.119. The summed E-state index contributed by atoms with van der Waals surface area (Å²) < 4.78 is 0. The second-order valence-electron chi connectivity index (χ2n) is 5.74. The molecule has 0 radical (unpaired) electrons. The van der Waals surface area contributed by atoms with Crippen molar-refractivity contribution in [3.8, 4) is 0 Å². The van der Waals surface area contributed by atoms with Crippen LogP contribution in [0.4, 0.5) is 0 Å². The predicted molar refractivity (Wildman–Crippen MR) is 82.8 cm³/mol. The van der Waals surface area contributed by atoms with Gasteiger partial charge >= 0.3 is 6.92 Å². The van der Waals surface area contributed by atoms with E-state index in [1.54, 1.807) is 19.1 Å². The highest BCUT2D eigenvalue weighted by molar-refractivity contribution is 6.67. The van der Waals surface area contributed by atoms with Gasteiger partial charge in [0.05, 0.1) is 0 Å². The van der Waals surface area contributed by atoms with Gasteiger partial charge in [-0.3, -0.25) is 9.59 Å². The first kappa shape index (κ1) is 15.7. The van der Waals surface area contributed by atoms with Crippen LogP contribution in [0.3, 0.4) is 0 Å². The lowest BCUT2D eigenvalue weighted by Gasteiger charge is -2.21. The molecule has 21 heavy (non-hydrogen) atoms. The Morgan fingerprint density at radius 2 is 2.14 bits per heavy atom. The van der Waals surface area contributed by atoms with Crippen molar-refractivity contribution in [3.05, 3.63) is 29.3 Å². The van der Waals surface area contributed by atoms with Gasteiger partial charge in [0.1, 0.15) is 6.04 Å². The molecule has 0 aromatic heterocycles. The number of aryl methyl sites for hydroxylation is 1. The van der Waals surface area contributed by atoms with E-state index in [0.717, 1.165) is 23.9 Å². The zero-order valence-electron chi connectivity index (χ0n) is 12.4. The number of nitrogens with one attached hydrogen (secondary N) is 1. The predicted octanol–water partition coefficient (Wildman–Crippen LogP) is -0.142. The highest BCUT2D eigenvalue weighted by Gasteiger charge is 2.25. The van der Waals surface area contributed by atoms with E-state index in [2.05, 4.69) is 5.32 Å². The monoisotopic (exact) mass is 288 g/mol. The van der Waals surface area contributed by atoms with Crippen LogP contribution in [0.2, 0.25) is 6.32 Å². The van der Waals surface area contributed by atoms with E-state index in [-0.39, 0.29) is 11.7 Å². The molecular weight excluding hydrogens is 267 g/mol. The number of nitrogens with two attached hydrogens (primary N) is 1. The molecule has 112 valence electrons. The van der Waals surface area contributed by atoms with E-state index in [0.29, 0.717) is 11.9 Å². The van der Waals surface area contributed by atoms with Crippen molar-refractivity contribution in [1.82, 2.24) is 5.32 Å². The average Bonchev–Trinajstić information content (AvgIpc) is 2.44. The molecule has 0 unspecified atom stereocenters. The quantitative estimate of drug-likeness (QED) is 0.672. The second kappa shape index (κ2) is 6.41. The Hall–Kier alpha value is -1.66. The minimum Gasteiger partial charge on any atom is -0.446 e. The Morgan fingerprint density at radius 3 is 2.76 bits per heavy atom. The van der Waals surface area contributed by atoms with Crippen molar-refractivity contribution in [2.45, 2.75) is 45.1 Å². The Bertz CT molecular complexity index is 560. The van der Waals surface area contributed by atoms with Crippen molar-refractivity contribution < 1.29 is 14.6 Å². The maximum atomic E-state index is 12.3. The van der Waals surface area contributed by atoms with Crippen LogP contribution in [0.15, 0.2) is 18.2 Å². The number of amides is 1. The van der Waals surface area contributed by atoms with Gasteiger partial charge in [0.15, 0.2) is 5.78 Å². The summed E-state index contributed by atoms with van der Waals surface area (Å²) in [7, 11) is 0. The van der Waals surface area contributed by atoms with Crippen LogP contribution in [0.5, 0.6) is 0 Å². The van der Waals surface area contributed by atoms with Gasteiger partial charge in [-0.15, -0.1) is 0 Å². The van der Waals surface area contributed by atoms with E-state index in [9.17, 15) is 14.6 Å². The molecule has 1 amide bonds. The maximum absolute atomic E-state index is 12.3. The summed E-state index contributed by atoms with van der Waals surface area (Å²) in [6.07, 6.45) is 2.59. The van der Waals surface area contributed by atoms with Gasteiger partial charge in [-0.1, -0.05) is 24.1 Å². The summed E-state index contributed by atoms with van der Waals surface area (Å²) in [6, 6.07) is 4.17. The van der Waals surface area contributed by atoms with Crippen molar-refractivity contribution in [3.63, 3.8) is 0 Å². The number of benzene rings is 1. The molecule has 1 aromatic rings. The largest absolute Gasteiger partial charge is 0.446 e. The van der Waals surface area contributed by atoms with Crippen LogP contribution < -0.4 is 16.5 Å². The van der Waals surface area contributed by atoms with Crippen LogP contribution in [-0.2, 0) is 11.2 Å². The molecule has 1 aliphatic heterocycles. The number of carbonyl (C=O) groups is 2. The molecule has 0 spiro atoms. The summed E-state index contributed by atoms with van der Waals surface area (Å²) in [5.41, 5.74) is 8.07. The molecule has 1 aromatic carbocycles. The van der Waals surface area contributed by atoms with Crippen molar-refractivity contribution >= 4 is 24.1 Å². The average molecular weight is 288 g/mol. The lowest BCUT2D eigenvalue weighted by atomic mass is 9.53. The van der Waals surface area contributed by atoms with Gasteiger partial charge in [-0.25, -0.2) is 0 Å². The van der Waals surface area contributed by atoms with Gasteiger partial charge in [0.25, 0.3) is 5.91 Å². The molecule has 2 rings (SSSR count). The molecule has 0 aliphatic carbocycles. The molecule has 5 nitrogen and oxygen atoms in total. The maximum Gasteiger partial charge on any atom is 0.323 e. The molecule has 2 atom stereocenters. The first-order valence-electron chi connectivity index (χ1n) is 7.28. The molecule has 0 bridgehead atoms. The Labute approximate surface area is 125 Å². The molecule has 1 heterocycles. The van der Waals surface area contributed by atoms with Crippen LogP contribution in [0, 0.1) is 0 Å². The topological polar surface area (TPSA) is 92.4 Å². The summed E-state index contributed by atoms with van der Waals surface area (Å²) in [6.45, 7) is 2.58. The number of Topliss-reactive ketones (excluding diaryl/α,β-unsaturated/α-hetero) is 1. The van der Waals surface area contributed by atoms with E-state index in [1.807, 2.05) is 6.07 Å². The highest BCUT2D eigenvalue weighted by atomic mass is 16.2. The molecule has 0 fully saturated rings. The zero-order chi connectivity index (χ0) is 15.6. The molecule has 0 saturated carbocycles. The number of carbonyl (C=O) groups excluding carboxylic acids is 2. The normalized spacial score (nSPS) is 16.9. The first-order chi connectivity index (χ1) is 9.90. The minimum atomic E-state index is -0.696. The van der Waals surface area contributed by atoms with Gasteiger partial charge in [0, 0.05) is 11.6 Å². The fourth-order valence-corrected chi connectivity index (χ4v) is 2.74. The summed E-state index contributed by atoms with van der Waals surface area (Å²) >= 11 is 0. The number of fused-ring (bicyclic) bond motifs is 1. The molecule has 0 saturated heterocycles.